The first kappa shape index (κ1) is 23.4. The third-order valence-electron chi connectivity index (χ3n) is 7.28. The van der Waals surface area contributed by atoms with E-state index >= 15 is 0 Å². The summed E-state index contributed by atoms with van der Waals surface area (Å²) < 4.78 is 11.9. The maximum atomic E-state index is 11.9. The second-order valence-electron chi connectivity index (χ2n) is 10.2. The number of nitro groups is 1. The summed E-state index contributed by atoms with van der Waals surface area (Å²) in [7, 11) is -0.213. The number of rotatable bonds is 7. The molecule has 1 heterocycles. The standard InChI is InChI=1S/C21H40N2O4Si/c1-15-12-19(22-11-9-10-17(22)13-26-6)16(2)18(20(15)23(24)25)14-27-28(7,8)21(3,4)5/h15,17-18,20H,9-14H2,1-8H3/t15-,17-,18-,20+/m0/s1. The van der Waals surface area contributed by atoms with Crippen LogP contribution in [0.3, 0.4) is 0 Å². The average Bonchev–Trinajstić information content (AvgIpc) is 3.02. The zero-order valence-electron chi connectivity index (χ0n) is 19.1. The highest BCUT2D eigenvalue weighted by Gasteiger charge is 2.46. The summed E-state index contributed by atoms with van der Waals surface area (Å²) in [5.74, 6) is -0.155. The molecule has 0 radical (unpaired) electrons. The van der Waals surface area contributed by atoms with Crippen molar-refractivity contribution in [1.29, 1.82) is 0 Å². The first-order chi connectivity index (χ1) is 12.9. The summed E-state index contributed by atoms with van der Waals surface area (Å²) in [5.41, 5.74) is 2.45. The Morgan fingerprint density at radius 2 is 1.93 bits per heavy atom. The lowest BCUT2D eigenvalue weighted by Gasteiger charge is -2.42. The van der Waals surface area contributed by atoms with Gasteiger partial charge in [-0.1, -0.05) is 27.7 Å². The van der Waals surface area contributed by atoms with E-state index in [1.807, 2.05) is 6.92 Å². The highest BCUT2D eigenvalue weighted by atomic mass is 28.4. The van der Waals surface area contributed by atoms with Gasteiger partial charge in [0.15, 0.2) is 8.32 Å². The Balaban J connectivity index is 2.33. The number of ether oxygens (including phenoxy) is 1. The van der Waals surface area contributed by atoms with E-state index in [0.717, 1.165) is 38.0 Å². The van der Waals surface area contributed by atoms with Crippen LogP contribution in [0.5, 0.6) is 0 Å². The molecule has 0 unspecified atom stereocenters. The molecule has 28 heavy (non-hydrogen) atoms. The predicted octanol–water partition coefficient (Wildman–Crippen LogP) is 4.69. The van der Waals surface area contributed by atoms with Gasteiger partial charge < -0.3 is 14.1 Å². The molecule has 4 atom stereocenters. The molecule has 0 spiro atoms. The van der Waals surface area contributed by atoms with Crippen LogP contribution in [-0.4, -0.2) is 57.1 Å². The normalized spacial score (nSPS) is 29.5. The van der Waals surface area contributed by atoms with Crippen LogP contribution < -0.4 is 0 Å². The van der Waals surface area contributed by atoms with Crippen molar-refractivity contribution in [3.63, 3.8) is 0 Å². The van der Waals surface area contributed by atoms with Gasteiger partial charge in [0.1, 0.15) is 0 Å². The lowest BCUT2D eigenvalue weighted by atomic mass is 9.76. The minimum Gasteiger partial charge on any atom is -0.416 e. The molecule has 0 saturated carbocycles. The van der Waals surface area contributed by atoms with Gasteiger partial charge in [0.25, 0.3) is 0 Å². The van der Waals surface area contributed by atoms with Gasteiger partial charge in [0.05, 0.1) is 18.6 Å². The quantitative estimate of drug-likeness (QED) is 0.345. The van der Waals surface area contributed by atoms with Gasteiger partial charge in [-0.15, -0.1) is 0 Å². The van der Waals surface area contributed by atoms with E-state index in [1.54, 1.807) is 7.11 Å². The molecule has 0 aromatic heterocycles. The molecule has 1 aliphatic heterocycles. The van der Waals surface area contributed by atoms with Crippen LogP contribution in [0.25, 0.3) is 0 Å². The van der Waals surface area contributed by atoms with Crippen molar-refractivity contribution >= 4 is 8.32 Å². The summed E-state index contributed by atoms with van der Waals surface area (Å²) in [5, 5.41) is 12.0. The molecule has 1 aliphatic carbocycles. The monoisotopic (exact) mass is 412 g/mol. The van der Waals surface area contributed by atoms with Gasteiger partial charge in [-0.25, -0.2) is 0 Å². The van der Waals surface area contributed by atoms with Gasteiger partial charge >= 0.3 is 0 Å². The smallest absolute Gasteiger partial charge is 0.224 e. The van der Waals surface area contributed by atoms with Crippen LogP contribution in [0.4, 0.5) is 0 Å². The summed E-state index contributed by atoms with van der Waals surface area (Å²) in [6.45, 7) is 17.4. The molecule has 1 fully saturated rings. The van der Waals surface area contributed by atoms with Gasteiger partial charge in [-0.3, -0.25) is 10.1 Å². The maximum Gasteiger partial charge on any atom is 0.224 e. The molecule has 0 amide bonds. The van der Waals surface area contributed by atoms with Crippen molar-refractivity contribution < 1.29 is 14.1 Å². The minimum absolute atomic E-state index is 0.00510. The Kier molecular flexibility index (Phi) is 7.37. The molecule has 2 rings (SSSR count). The van der Waals surface area contributed by atoms with E-state index in [2.05, 4.69) is 45.7 Å². The Hall–Kier alpha value is -0.923. The van der Waals surface area contributed by atoms with Crippen LogP contribution in [0.2, 0.25) is 18.1 Å². The molecule has 0 bridgehead atoms. The number of allylic oxidation sites excluding steroid dienone is 1. The lowest BCUT2D eigenvalue weighted by molar-refractivity contribution is -0.541. The molecule has 1 saturated heterocycles. The minimum atomic E-state index is -1.96. The zero-order valence-corrected chi connectivity index (χ0v) is 20.1. The Bertz CT molecular complexity index is 600. The zero-order chi connectivity index (χ0) is 21.3. The van der Waals surface area contributed by atoms with Crippen molar-refractivity contribution in [1.82, 2.24) is 4.90 Å². The fourth-order valence-electron chi connectivity index (χ4n) is 4.45. The van der Waals surface area contributed by atoms with Crippen molar-refractivity contribution in [2.75, 3.05) is 26.9 Å². The van der Waals surface area contributed by atoms with Crippen LogP contribution in [0, 0.1) is 22.0 Å². The van der Waals surface area contributed by atoms with E-state index in [-0.39, 0.29) is 21.8 Å². The average molecular weight is 413 g/mol. The highest BCUT2D eigenvalue weighted by molar-refractivity contribution is 6.74. The third kappa shape index (κ3) is 4.79. The Labute approximate surface area is 171 Å². The molecular weight excluding hydrogens is 372 g/mol. The number of likely N-dealkylation sites (tertiary alicyclic amines) is 1. The molecule has 0 aromatic rings. The van der Waals surface area contributed by atoms with Crippen LogP contribution in [-0.2, 0) is 9.16 Å². The second-order valence-corrected chi connectivity index (χ2v) is 15.0. The van der Waals surface area contributed by atoms with E-state index < -0.39 is 14.4 Å². The summed E-state index contributed by atoms with van der Waals surface area (Å²) in [4.78, 5) is 14.3. The number of nitrogens with zero attached hydrogens (tertiary/aromatic N) is 2. The molecular formula is C21H40N2O4Si. The molecule has 6 nitrogen and oxygen atoms in total. The molecule has 162 valence electrons. The Morgan fingerprint density at radius 1 is 1.29 bits per heavy atom. The fourth-order valence-corrected chi connectivity index (χ4v) is 5.48. The molecule has 0 N–H and O–H groups in total. The summed E-state index contributed by atoms with van der Waals surface area (Å²) in [6.07, 6.45) is 3.06. The van der Waals surface area contributed by atoms with E-state index in [4.69, 9.17) is 9.16 Å². The van der Waals surface area contributed by atoms with Crippen molar-refractivity contribution in [2.45, 2.75) is 84.1 Å². The number of methoxy groups -OCH3 is 1. The maximum absolute atomic E-state index is 11.9. The molecule has 0 aromatic carbocycles. The van der Waals surface area contributed by atoms with Gasteiger partial charge in [0.2, 0.25) is 6.04 Å². The van der Waals surface area contributed by atoms with Gasteiger partial charge in [0, 0.05) is 36.8 Å². The van der Waals surface area contributed by atoms with Crippen LogP contribution in [0.1, 0.15) is 53.9 Å². The molecule has 7 heteroatoms. The van der Waals surface area contributed by atoms with Crippen LogP contribution in [0.15, 0.2) is 11.3 Å². The van der Waals surface area contributed by atoms with E-state index in [9.17, 15) is 10.1 Å². The largest absolute Gasteiger partial charge is 0.416 e. The number of hydrogen-bond donors (Lipinski definition) is 0. The fraction of sp³-hybridized carbons (Fsp3) is 0.905. The van der Waals surface area contributed by atoms with Crippen molar-refractivity contribution in [2.24, 2.45) is 11.8 Å². The SMILES string of the molecule is COC[C@@H]1CCCN1C1=C(C)[C@H](CO[Si](C)(C)C(C)(C)C)[C@H]([N+](=O)[O-])[C@@H](C)C1. The third-order valence-corrected chi connectivity index (χ3v) is 11.8. The van der Waals surface area contributed by atoms with Gasteiger partial charge in [-0.2, -0.15) is 0 Å². The molecule has 2 aliphatic rings. The topological polar surface area (TPSA) is 64.8 Å². The first-order valence-electron chi connectivity index (χ1n) is 10.6. The van der Waals surface area contributed by atoms with Crippen molar-refractivity contribution in [3.8, 4) is 0 Å². The van der Waals surface area contributed by atoms with E-state index in [0.29, 0.717) is 12.6 Å². The van der Waals surface area contributed by atoms with E-state index in [1.165, 1.54) is 5.70 Å². The highest BCUT2D eigenvalue weighted by Crippen LogP contribution is 2.42. The predicted molar refractivity (Wildman–Crippen MR) is 116 cm³/mol. The second kappa shape index (κ2) is 8.84. The summed E-state index contributed by atoms with van der Waals surface area (Å²) in [6, 6.07) is -0.187. The number of hydrogen-bond acceptors (Lipinski definition) is 5. The van der Waals surface area contributed by atoms with Crippen molar-refractivity contribution in [3.05, 3.63) is 21.4 Å². The first-order valence-corrected chi connectivity index (χ1v) is 13.5. The van der Waals surface area contributed by atoms with Crippen LogP contribution >= 0.6 is 0 Å². The Morgan fingerprint density at radius 3 is 2.46 bits per heavy atom. The summed E-state index contributed by atoms with van der Waals surface area (Å²) >= 11 is 0. The lowest BCUT2D eigenvalue weighted by Crippen LogP contribution is -2.48. The van der Waals surface area contributed by atoms with Gasteiger partial charge in [-0.05, 0) is 49.9 Å².